The first kappa shape index (κ1) is 8.01. The summed E-state index contributed by atoms with van der Waals surface area (Å²) in [6, 6.07) is 0. The Kier molecular flexibility index (Phi) is 2.86. The second kappa shape index (κ2) is 3.93. The Hall–Kier alpha value is -1.09. The molecular formula is C8H11NO2. The Bertz CT molecular complexity index is 206. The highest BCUT2D eigenvalue weighted by Gasteiger charge is 2.00. The summed E-state index contributed by atoms with van der Waals surface area (Å²) < 4.78 is 4.97. The number of nitrogens with zero attached hydrogens (tertiary/aromatic N) is 1. The van der Waals surface area contributed by atoms with Crippen molar-refractivity contribution in [2.75, 3.05) is 0 Å². The summed E-state index contributed by atoms with van der Waals surface area (Å²) in [6.07, 6.45) is 5.44. The number of hydrogen-bond donors (Lipinski definition) is 1. The van der Waals surface area contributed by atoms with Gasteiger partial charge in [0.25, 0.3) is 0 Å². The normalized spacial score (nSPS) is 12.8. The van der Waals surface area contributed by atoms with Crippen LogP contribution >= 0.6 is 0 Å². The smallest absolute Gasteiger partial charge is 0.180 e. The minimum atomic E-state index is -0.444. The molecule has 0 saturated carbocycles. The minimum Gasteiger partial charge on any atom is -0.449 e. The maximum atomic E-state index is 9.08. The van der Waals surface area contributed by atoms with Gasteiger partial charge < -0.3 is 9.52 Å². The van der Waals surface area contributed by atoms with Crippen molar-refractivity contribution in [2.24, 2.45) is 0 Å². The lowest BCUT2D eigenvalue weighted by atomic mass is 10.2. The first-order valence-electron chi connectivity index (χ1n) is 3.51. The summed E-state index contributed by atoms with van der Waals surface area (Å²) in [5.74, 6) is 0.797. The molecule has 1 aromatic heterocycles. The average molecular weight is 153 g/mol. The molecule has 0 saturated heterocycles. The number of oxazole rings is 1. The van der Waals surface area contributed by atoms with Gasteiger partial charge in [-0.1, -0.05) is 6.08 Å². The molecule has 11 heavy (non-hydrogen) atoms. The predicted molar refractivity (Wildman–Crippen MR) is 41.0 cm³/mol. The zero-order valence-corrected chi connectivity index (χ0v) is 6.23. The van der Waals surface area contributed by atoms with Crippen LogP contribution in [0.3, 0.4) is 0 Å². The van der Waals surface area contributed by atoms with E-state index in [1.54, 1.807) is 6.20 Å². The standard InChI is InChI=1S/C8H11NO2/c1-2-7(10)3-4-8-5-9-6-11-8/h2,5-7,10H,1,3-4H2. The van der Waals surface area contributed by atoms with Crippen LogP contribution in [-0.2, 0) is 6.42 Å². The Morgan fingerprint density at radius 3 is 3.18 bits per heavy atom. The van der Waals surface area contributed by atoms with Crippen molar-refractivity contribution in [1.82, 2.24) is 4.98 Å². The van der Waals surface area contributed by atoms with Gasteiger partial charge >= 0.3 is 0 Å². The summed E-state index contributed by atoms with van der Waals surface area (Å²) in [4.78, 5) is 3.75. The van der Waals surface area contributed by atoms with E-state index in [0.29, 0.717) is 12.8 Å². The molecule has 1 aromatic rings. The summed E-state index contributed by atoms with van der Waals surface area (Å²) >= 11 is 0. The van der Waals surface area contributed by atoms with E-state index < -0.39 is 6.10 Å². The summed E-state index contributed by atoms with van der Waals surface area (Å²) in [7, 11) is 0. The van der Waals surface area contributed by atoms with Crippen molar-refractivity contribution in [3.05, 3.63) is 31.0 Å². The number of hydrogen-bond acceptors (Lipinski definition) is 3. The summed E-state index contributed by atoms with van der Waals surface area (Å²) in [6.45, 7) is 3.46. The van der Waals surface area contributed by atoms with Crippen molar-refractivity contribution in [2.45, 2.75) is 18.9 Å². The van der Waals surface area contributed by atoms with Crippen molar-refractivity contribution >= 4 is 0 Å². The van der Waals surface area contributed by atoms with E-state index in [2.05, 4.69) is 11.6 Å². The summed E-state index contributed by atoms with van der Waals surface area (Å²) in [5.41, 5.74) is 0. The molecule has 3 nitrogen and oxygen atoms in total. The Labute approximate surface area is 65.4 Å². The van der Waals surface area contributed by atoms with Gasteiger partial charge in [-0.15, -0.1) is 6.58 Å². The van der Waals surface area contributed by atoms with Crippen LogP contribution in [0.5, 0.6) is 0 Å². The van der Waals surface area contributed by atoms with Gasteiger partial charge in [0.15, 0.2) is 6.39 Å². The van der Waals surface area contributed by atoms with E-state index in [0.717, 1.165) is 5.76 Å². The molecule has 3 heteroatoms. The number of aliphatic hydroxyl groups is 1. The van der Waals surface area contributed by atoms with Gasteiger partial charge in [-0.2, -0.15) is 0 Å². The van der Waals surface area contributed by atoms with Crippen LogP contribution in [-0.4, -0.2) is 16.2 Å². The third kappa shape index (κ3) is 2.55. The molecule has 0 fully saturated rings. The van der Waals surface area contributed by atoms with Gasteiger partial charge in [0.05, 0.1) is 12.3 Å². The largest absolute Gasteiger partial charge is 0.449 e. The molecule has 0 aromatic carbocycles. The monoisotopic (exact) mass is 153 g/mol. The summed E-state index contributed by atoms with van der Waals surface area (Å²) in [5, 5.41) is 9.08. The van der Waals surface area contributed by atoms with Crippen LogP contribution in [0.4, 0.5) is 0 Å². The fourth-order valence-corrected chi connectivity index (χ4v) is 0.774. The van der Waals surface area contributed by atoms with Crippen LogP contribution in [0.2, 0.25) is 0 Å². The van der Waals surface area contributed by atoms with E-state index in [9.17, 15) is 0 Å². The molecule has 0 amide bonds. The molecule has 0 aliphatic heterocycles. The van der Waals surface area contributed by atoms with E-state index in [1.807, 2.05) is 0 Å². The van der Waals surface area contributed by atoms with Gasteiger partial charge in [0.1, 0.15) is 5.76 Å². The molecule has 1 heterocycles. The fraction of sp³-hybridized carbons (Fsp3) is 0.375. The Balaban J connectivity index is 2.28. The molecular weight excluding hydrogens is 142 g/mol. The highest BCUT2D eigenvalue weighted by atomic mass is 16.3. The van der Waals surface area contributed by atoms with Crippen molar-refractivity contribution in [3.63, 3.8) is 0 Å². The maximum Gasteiger partial charge on any atom is 0.180 e. The van der Waals surface area contributed by atoms with Gasteiger partial charge in [0, 0.05) is 6.42 Å². The molecule has 1 N–H and O–H groups in total. The van der Waals surface area contributed by atoms with Crippen molar-refractivity contribution in [3.8, 4) is 0 Å². The molecule has 60 valence electrons. The van der Waals surface area contributed by atoms with Gasteiger partial charge in [0.2, 0.25) is 0 Å². The molecule has 0 spiro atoms. The number of aliphatic hydroxyl groups excluding tert-OH is 1. The van der Waals surface area contributed by atoms with Crippen LogP contribution in [0.25, 0.3) is 0 Å². The first-order valence-corrected chi connectivity index (χ1v) is 3.51. The van der Waals surface area contributed by atoms with Crippen LogP contribution in [0.1, 0.15) is 12.2 Å². The predicted octanol–water partition coefficient (Wildman–Crippen LogP) is 1.15. The molecule has 1 unspecified atom stereocenters. The second-order valence-electron chi connectivity index (χ2n) is 2.31. The molecule has 0 bridgehead atoms. The van der Waals surface area contributed by atoms with Gasteiger partial charge in [-0.05, 0) is 6.42 Å². The SMILES string of the molecule is C=CC(O)CCc1cnco1. The van der Waals surface area contributed by atoms with Crippen molar-refractivity contribution in [1.29, 1.82) is 0 Å². The molecule has 1 rings (SSSR count). The zero-order valence-electron chi connectivity index (χ0n) is 6.23. The zero-order chi connectivity index (χ0) is 8.10. The Morgan fingerprint density at radius 2 is 2.64 bits per heavy atom. The lowest BCUT2D eigenvalue weighted by molar-refractivity contribution is 0.210. The van der Waals surface area contributed by atoms with Crippen LogP contribution < -0.4 is 0 Å². The maximum absolute atomic E-state index is 9.08. The van der Waals surface area contributed by atoms with Crippen LogP contribution in [0.15, 0.2) is 29.7 Å². The Morgan fingerprint density at radius 1 is 1.82 bits per heavy atom. The van der Waals surface area contributed by atoms with Gasteiger partial charge in [-0.3, -0.25) is 0 Å². The third-order valence-electron chi connectivity index (χ3n) is 1.44. The fourth-order valence-electron chi connectivity index (χ4n) is 0.774. The molecule has 0 aliphatic carbocycles. The average Bonchev–Trinajstić information content (AvgIpc) is 2.52. The van der Waals surface area contributed by atoms with Crippen molar-refractivity contribution < 1.29 is 9.52 Å². The van der Waals surface area contributed by atoms with Crippen LogP contribution in [0, 0.1) is 0 Å². The third-order valence-corrected chi connectivity index (χ3v) is 1.44. The highest BCUT2D eigenvalue weighted by molar-refractivity contribution is 4.90. The quantitative estimate of drug-likeness (QED) is 0.660. The van der Waals surface area contributed by atoms with E-state index in [-0.39, 0.29) is 0 Å². The first-order chi connectivity index (χ1) is 5.33. The topological polar surface area (TPSA) is 46.3 Å². The number of rotatable bonds is 4. The number of aryl methyl sites for hydroxylation is 1. The molecule has 1 atom stereocenters. The lowest BCUT2D eigenvalue weighted by Gasteiger charge is -2.00. The van der Waals surface area contributed by atoms with E-state index >= 15 is 0 Å². The highest BCUT2D eigenvalue weighted by Crippen LogP contribution is 2.03. The van der Waals surface area contributed by atoms with E-state index in [1.165, 1.54) is 12.5 Å². The van der Waals surface area contributed by atoms with Gasteiger partial charge in [-0.25, -0.2) is 4.98 Å². The second-order valence-corrected chi connectivity index (χ2v) is 2.31. The van der Waals surface area contributed by atoms with E-state index in [4.69, 9.17) is 9.52 Å². The lowest BCUT2D eigenvalue weighted by Crippen LogP contribution is -2.02. The number of aromatic nitrogens is 1. The minimum absolute atomic E-state index is 0.444. The molecule has 0 radical (unpaired) electrons. The molecule has 0 aliphatic rings.